The largest absolute Gasteiger partial charge is 0.478 e. The summed E-state index contributed by atoms with van der Waals surface area (Å²) in [4.78, 5) is 11.0. The Kier molecular flexibility index (Phi) is 5.18. The van der Waals surface area contributed by atoms with Gasteiger partial charge in [-0.3, -0.25) is 0 Å². The normalized spacial score (nSPS) is 12.1. The van der Waals surface area contributed by atoms with Crippen molar-refractivity contribution in [2.75, 3.05) is 0 Å². The summed E-state index contributed by atoms with van der Waals surface area (Å²) < 4.78 is 7.44. The summed E-state index contributed by atoms with van der Waals surface area (Å²) in [6.45, 7) is 2.12. The van der Waals surface area contributed by atoms with Gasteiger partial charge in [0.1, 0.15) is 12.0 Å². The highest BCUT2D eigenvalue weighted by molar-refractivity contribution is 7.99. The van der Waals surface area contributed by atoms with Crippen molar-refractivity contribution < 1.29 is 14.4 Å². The Labute approximate surface area is 171 Å². The Bertz CT molecular complexity index is 1150. The third-order valence-corrected chi connectivity index (χ3v) is 5.74. The molecule has 0 fully saturated rings. The van der Waals surface area contributed by atoms with E-state index >= 15 is 0 Å². The van der Waals surface area contributed by atoms with E-state index in [0.717, 1.165) is 21.8 Å². The molecule has 0 saturated carbocycles. The highest BCUT2D eigenvalue weighted by Crippen LogP contribution is 2.35. The molecule has 0 saturated heterocycles. The lowest BCUT2D eigenvalue weighted by Crippen LogP contribution is -1.94. The van der Waals surface area contributed by atoms with E-state index in [-0.39, 0.29) is 10.8 Å². The van der Waals surface area contributed by atoms with Gasteiger partial charge in [-0.1, -0.05) is 47.3 Å². The molecule has 1 atom stereocenters. The Morgan fingerprint density at radius 3 is 2.62 bits per heavy atom. The minimum atomic E-state index is -0.956. The predicted octanol–water partition coefficient (Wildman–Crippen LogP) is 4.69. The van der Waals surface area contributed by atoms with Gasteiger partial charge in [0.05, 0.1) is 5.56 Å². The summed E-state index contributed by atoms with van der Waals surface area (Å²) >= 11 is 1.63. The smallest absolute Gasteiger partial charge is 0.335 e. The summed E-state index contributed by atoms with van der Waals surface area (Å²) in [5, 5.41) is 22.2. The second-order valence-electron chi connectivity index (χ2n) is 6.57. The molecule has 2 aromatic carbocycles. The number of carboxylic acid groups (broad SMARTS) is 1. The highest BCUT2D eigenvalue weighted by atomic mass is 32.2. The molecular weight excluding hydrogens is 388 g/mol. The zero-order chi connectivity index (χ0) is 20.4. The van der Waals surface area contributed by atoms with Crippen LogP contribution in [-0.4, -0.2) is 31.0 Å². The summed E-state index contributed by atoms with van der Waals surface area (Å²) in [6, 6.07) is 16.5. The number of carbonyl (C=O) groups is 1. The van der Waals surface area contributed by atoms with E-state index in [1.165, 1.54) is 0 Å². The van der Waals surface area contributed by atoms with E-state index in [2.05, 4.69) is 34.4 Å². The first-order valence-corrected chi connectivity index (χ1v) is 9.80. The van der Waals surface area contributed by atoms with Crippen molar-refractivity contribution in [1.82, 2.24) is 19.9 Å². The predicted molar refractivity (Wildman–Crippen MR) is 110 cm³/mol. The molecule has 7 nitrogen and oxygen atoms in total. The van der Waals surface area contributed by atoms with E-state index in [1.807, 2.05) is 29.8 Å². The van der Waals surface area contributed by atoms with Gasteiger partial charge in [0, 0.05) is 29.5 Å². The molecular formula is C21H18N4O3S. The number of aryl methyl sites for hydroxylation is 1. The second-order valence-corrected chi connectivity index (χ2v) is 7.88. The number of carboxylic acids is 1. The SMILES string of the molecule is CC(Sc1nncn1C)c1cccc(-c2cc(-c3ccc(C(=O)O)cc3)no2)c1. The van der Waals surface area contributed by atoms with Crippen LogP contribution in [0.3, 0.4) is 0 Å². The summed E-state index contributed by atoms with van der Waals surface area (Å²) in [7, 11) is 1.92. The first kappa shape index (κ1) is 18.9. The molecule has 4 rings (SSSR count). The molecule has 4 aromatic rings. The molecule has 1 unspecified atom stereocenters. The lowest BCUT2D eigenvalue weighted by molar-refractivity contribution is 0.0697. The van der Waals surface area contributed by atoms with Crippen LogP contribution in [0.5, 0.6) is 0 Å². The van der Waals surface area contributed by atoms with Crippen LogP contribution in [0.15, 0.2) is 70.6 Å². The number of benzene rings is 2. The Morgan fingerprint density at radius 1 is 1.14 bits per heavy atom. The molecule has 8 heteroatoms. The molecule has 0 radical (unpaired) electrons. The standard InChI is InChI=1S/C21H18N4O3S/c1-13(29-21-23-22-12-25(21)2)16-4-3-5-17(10-16)19-11-18(24-28-19)14-6-8-15(9-7-14)20(26)27/h3-13H,1-2H3,(H,26,27). The average Bonchev–Trinajstić information content (AvgIpc) is 3.38. The molecule has 0 bridgehead atoms. The quantitative estimate of drug-likeness (QED) is 0.464. The summed E-state index contributed by atoms with van der Waals surface area (Å²) in [5.74, 6) is -0.303. The fourth-order valence-corrected chi connectivity index (χ4v) is 3.79. The molecule has 0 aliphatic rings. The second kappa shape index (κ2) is 7.92. The molecule has 0 amide bonds. The Morgan fingerprint density at radius 2 is 1.93 bits per heavy atom. The topological polar surface area (TPSA) is 94.0 Å². The van der Waals surface area contributed by atoms with Gasteiger partial charge in [-0.25, -0.2) is 4.79 Å². The van der Waals surface area contributed by atoms with E-state index < -0.39 is 5.97 Å². The van der Waals surface area contributed by atoms with E-state index in [1.54, 1.807) is 42.4 Å². The van der Waals surface area contributed by atoms with Crippen molar-refractivity contribution in [1.29, 1.82) is 0 Å². The van der Waals surface area contributed by atoms with Crippen molar-refractivity contribution in [2.24, 2.45) is 7.05 Å². The van der Waals surface area contributed by atoms with E-state index in [9.17, 15) is 4.79 Å². The monoisotopic (exact) mass is 406 g/mol. The van der Waals surface area contributed by atoms with Gasteiger partial charge in [0.15, 0.2) is 10.9 Å². The number of aromatic carboxylic acids is 1. The minimum Gasteiger partial charge on any atom is -0.478 e. The van der Waals surface area contributed by atoms with Crippen molar-refractivity contribution >= 4 is 17.7 Å². The van der Waals surface area contributed by atoms with Gasteiger partial charge < -0.3 is 14.2 Å². The molecule has 0 aliphatic carbocycles. The van der Waals surface area contributed by atoms with Gasteiger partial charge in [0.25, 0.3) is 0 Å². The molecule has 2 heterocycles. The van der Waals surface area contributed by atoms with Gasteiger partial charge in [-0.2, -0.15) is 0 Å². The fourth-order valence-electron chi connectivity index (χ4n) is 2.88. The number of nitrogens with zero attached hydrogens (tertiary/aromatic N) is 4. The zero-order valence-corrected chi connectivity index (χ0v) is 16.6. The van der Waals surface area contributed by atoms with Crippen LogP contribution in [0.25, 0.3) is 22.6 Å². The number of hydrogen-bond acceptors (Lipinski definition) is 6. The molecule has 146 valence electrons. The maximum atomic E-state index is 11.0. The van der Waals surface area contributed by atoms with Crippen molar-refractivity contribution in [3.8, 4) is 22.6 Å². The van der Waals surface area contributed by atoms with Crippen LogP contribution in [0.1, 0.15) is 28.1 Å². The molecule has 1 N–H and O–H groups in total. The Balaban J connectivity index is 1.56. The maximum Gasteiger partial charge on any atom is 0.335 e. The van der Waals surface area contributed by atoms with E-state index in [0.29, 0.717) is 11.5 Å². The van der Waals surface area contributed by atoms with Crippen molar-refractivity contribution in [2.45, 2.75) is 17.3 Å². The maximum absolute atomic E-state index is 11.0. The highest BCUT2D eigenvalue weighted by Gasteiger charge is 2.14. The number of rotatable bonds is 6. The van der Waals surface area contributed by atoms with Gasteiger partial charge in [0.2, 0.25) is 0 Å². The summed E-state index contributed by atoms with van der Waals surface area (Å²) in [6.07, 6.45) is 1.69. The van der Waals surface area contributed by atoms with Gasteiger partial charge >= 0.3 is 5.97 Å². The third-order valence-electron chi connectivity index (χ3n) is 4.53. The van der Waals surface area contributed by atoms with E-state index in [4.69, 9.17) is 9.63 Å². The van der Waals surface area contributed by atoms with Crippen LogP contribution in [-0.2, 0) is 7.05 Å². The Hall–Kier alpha value is -3.39. The van der Waals surface area contributed by atoms with Crippen molar-refractivity contribution in [3.05, 3.63) is 72.1 Å². The number of aromatic nitrogens is 4. The van der Waals surface area contributed by atoms with Crippen LogP contribution in [0, 0.1) is 0 Å². The zero-order valence-electron chi connectivity index (χ0n) is 15.8. The average molecular weight is 406 g/mol. The van der Waals surface area contributed by atoms with Gasteiger partial charge in [-0.15, -0.1) is 10.2 Å². The molecule has 2 aromatic heterocycles. The lowest BCUT2D eigenvalue weighted by atomic mass is 10.1. The first-order valence-electron chi connectivity index (χ1n) is 8.92. The molecule has 0 spiro atoms. The fraction of sp³-hybridized carbons (Fsp3) is 0.143. The third kappa shape index (κ3) is 4.07. The lowest BCUT2D eigenvalue weighted by Gasteiger charge is -2.11. The molecule has 0 aliphatic heterocycles. The van der Waals surface area contributed by atoms with Crippen molar-refractivity contribution in [3.63, 3.8) is 0 Å². The number of thioether (sulfide) groups is 1. The van der Waals surface area contributed by atoms with Crippen LogP contribution < -0.4 is 0 Å². The van der Waals surface area contributed by atoms with Crippen LogP contribution in [0.4, 0.5) is 0 Å². The first-order chi connectivity index (χ1) is 14.0. The van der Waals surface area contributed by atoms with Gasteiger partial charge in [-0.05, 0) is 30.7 Å². The summed E-state index contributed by atoms with van der Waals surface area (Å²) in [5.41, 5.74) is 3.75. The molecule has 29 heavy (non-hydrogen) atoms. The number of hydrogen-bond donors (Lipinski definition) is 1. The van der Waals surface area contributed by atoms with Crippen LogP contribution >= 0.6 is 11.8 Å². The minimum absolute atomic E-state index is 0.184. The van der Waals surface area contributed by atoms with Crippen LogP contribution in [0.2, 0.25) is 0 Å².